The minimum absolute atomic E-state index is 0.478. The van der Waals surface area contributed by atoms with Gasteiger partial charge in [-0.05, 0) is 30.2 Å². The molecule has 1 aromatic carbocycles. The molecule has 3 aromatic rings. The molecule has 0 aliphatic rings. The summed E-state index contributed by atoms with van der Waals surface area (Å²) in [6, 6.07) is 9.71. The van der Waals surface area contributed by atoms with Crippen LogP contribution in [0.5, 0.6) is 0 Å². The summed E-state index contributed by atoms with van der Waals surface area (Å²) in [5, 5.41) is 7.04. The van der Waals surface area contributed by atoms with E-state index in [1.54, 1.807) is 17.7 Å². The zero-order valence-electron chi connectivity index (χ0n) is 13.5. The fourth-order valence-electron chi connectivity index (χ4n) is 2.28. The number of ether oxygens (including phenoxy) is 1. The van der Waals surface area contributed by atoms with Gasteiger partial charge >= 0.3 is 6.09 Å². The maximum Gasteiger partial charge on any atom is 0.411 e. The summed E-state index contributed by atoms with van der Waals surface area (Å²) >= 11 is 1.70. The molecule has 2 aromatic heterocycles. The minimum Gasteiger partial charge on any atom is -0.453 e. The van der Waals surface area contributed by atoms with Gasteiger partial charge in [0, 0.05) is 17.1 Å². The van der Waals surface area contributed by atoms with E-state index >= 15 is 0 Å². The van der Waals surface area contributed by atoms with E-state index in [0.717, 1.165) is 28.0 Å². The standard InChI is InChI=1S/C17H18N4O2S/c1-3-13-8-14-15(19-10-20-16(14)24-13)18-9-11-4-6-12(7-5-11)21-17(22)23-2/h4-8,10H,3,9H2,1-2H3,(H,21,22)(H,18,19,20). The van der Waals surface area contributed by atoms with Crippen LogP contribution in [0.3, 0.4) is 0 Å². The summed E-state index contributed by atoms with van der Waals surface area (Å²) in [4.78, 5) is 22.1. The predicted molar refractivity (Wildman–Crippen MR) is 96.6 cm³/mol. The molecule has 124 valence electrons. The van der Waals surface area contributed by atoms with Crippen molar-refractivity contribution in [2.24, 2.45) is 0 Å². The number of aryl methyl sites for hydroxylation is 1. The molecule has 24 heavy (non-hydrogen) atoms. The molecule has 1 amide bonds. The van der Waals surface area contributed by atoms with Crippen LogP contribution in [0.1, 0.15) is 17.4 Å². The molecular formula is C17H18N4O2S. The van der Waals surface area contributed by atoms with Crippen molar-refractivity contribution in [3.05, 3.63) is 47.1 Å². The lowest BCUT2D eigenvalue weighted by atomic mass is 10.2. The van der Waals surface area contributed by atoms with Crippen LogP contribution in [0.2, 0.25) is 0 Å². The third-order valence-electron chi connectivity index (χ3n) is 3.57. The Balaban J connectivity index is 1.69. The van der Waals surface area contributed by atoms with Crippen molar-refractivity contribution < 1.29 is 9.53 Å². The Morgan fingerprint density at radius 3 is 2.75 bits per heavy atom. The number of carbonyl (C=O) groups excluding carboxylic acids is 1. The van der Waals surface area contributed by atoms with E-state index in [-0.39, 0.29) is 0 Å². The van der Waals surface area contributed by atoms with Crippen LogP contribution < -0.4 is 10.6 Å². The molecule has 2 N–H and O–H groups in total. The van der Waals surface area contributed by atoms with Crippen molar-refractivity contribution in [1.82, 2.24) is 9.97 Å². The lowest BCUT2D eigenvalue weighted by Gasteiger charge is -2.08. The van der Waals surface area contributed by atoms with Gasteiger partial charge in [0.15, 0.2) is 0 Å². The number of fused-ring (bicyclic) bond motifs is 1. The van der Waals surface area contributed by atoms with Gasteiger partial charge in [0.2, 0.25) is 0 Å². The number of amides is 1. The number of benzene rings is 1. The Labute approximate surface area is 143 Å². The minimum atomic E-state index is -0.478. The van der Waals surface area contributed by atoms with Crippen molar-refractivity contribution in [2.75, 3.05) is 17.7 Å². The van der Waals surface area contributed by atoms with Gasteiger partial charge in [-0.3, -0.25) is 5.32 Å². The van der Waals surface area contributed by atoms with E-state index in [0.29, 0.717) is 12.2 Å². The van der Waals surface area contributed by atoms with E-state index in [4.69, 9.17) is 0 Å². The van der Waals surface area contributed by atoms with Crippen molar-refractivity contribution in [2.45, 2.75) is 19.9 Å². The van der Waals surface area contributed by atoms with Gasteiger partial charge in [0.1, 0.15) is 17.0 Å². The van der Waals surface area contributed by atoms with Crippen molar-refractivity contribution in [3.63, 3.8) is 0 Å². The fraction of sp³-hybridized carbons (Fsp3) is 0.235. The number of hydrogen-bond acceptors (Lipinski definition) is 6. The van der Waals surface area contributed by atoms with Crippen molar-refractivity contribution in [1.29, 1.82) is 0 Å². The first-order valence-electron chi connectivity index (χ1n) is 7.60. The first kappa shape index (κ1) is 16.2. The Hall–Kier alpha value is -2.67. The first-order valence-corrected chi connectivity index (χ1v) is 8.42. The molecule has 0 spiro atoms. The zero-order valence-corrected chi connectivity index (χ0v) is 14.3. The van der Waals surface area contributed by atoms with Crippen LogP contribution in [0.4, 0.5) is 16.3 Å². The molecule has 0 atom stereocenters. The van der Waals surface area contributed by atoms with Gasteiger partial charge in [0.05, 0.1) is 12.5 Å². The third kappa shape index (κ3) is 3.62. The Morgan fingerprint density at radius 1 is 1.25 bits per heavy atom. The smallest absolute Gasteiger partial charge is 0.411 e. The second kappa shape index (κ2) is 7.27. The second-order valence-corrected chi connectivity index (χ2v) is 6.29. The highest BCUT2D eigenvalue weighted by atomic mass is 32.1. The van der Waals surface area contributed by atoms with Gasteiger partial charge in [-0.25, -0.2) is 14.8 Å². The van der Waals surface area contributed by atoms with E-state index in [1.807, 2.05) is 24.3 Å². The van der Waals surface area contributed by atoms with E-state index < -0.39 is 6.09 Å². The number of aromatic nitrogens is 2. The molecular weight excluding hydrogens is 324 g/mol. The molecule has 0 bridgehead atoms. The molecule has 3 rings (SSSR count). The average molecular weight is 342 g/mol. The molecule has 0 fully saturated rings. The Morgan fingerprint density at radius 2 is 2.04 bits per heavy atom. The third-order valence-corrected chi connectivity index (χ3v) is 4.76. The molecule has 6 nitrogen and oxygen atoms in total. The van der Waals surface area contributed by atoms with Gasteiger partial charge in [-0.2, -0.15) is 0 Å². The van der Waals surface area contributed by atoms with Crippen LogP contribution >= 0.6 is 11.3 Å². The number of nitrogens with one attached hydrogen (secondary N) is 2. The van der Waals surface area contributed by atoms with Crippen molar-refractivity contribution in [3.8, 4) is 0 Å². The van der Waals surface area contributed by atoms with Gasteiger partial charge < -0.3 is 10.1 Å². The fourth-order valence-corrected chi connectivity index (χ4v) is 3.22. The van der Waals surface area contributed by atoms with E-state index in [1.165, 1.54) is 12.0 Å². The SMILES string of the molecule is CCc1cc2c(NCc3ccc(NC(=O)OC)cc3)ncnc2s1. The maximum atomic E-state index is 11.2. The monoisotopic (exact) mass is 342 g/mol. The number of carbonyl (C=O) groups is 1. The summed E-state index contributed by atoms with van der Waals surface area (Å²) in [5.74, 6) is 0.840. The second-order valence-electron chi connectivity index (χ2n) is 5.17. The van der Waals surface area contributed by atoms with Crippen LogP contribution in [-0.4, -0.2) is 23.2 Å². The lowest BCUT2D eigenvalue weighted by molar-refractivity contribution is 0.187. The van der Waals surface area contributed by atoms with Gasteiger partial charge in [0.25, 0.3) is 0 Å². The number of thiophene rings is 1. The van der Waals surface area contributed by atoms with Gasteiger partial charge in [-0.15, -0.1) is 11.3 Å². The lowest BCUT2D eigenvalue weighted by Crippen LogP contribution is -2.10. The van der Waals surface area contributed by atoms with Gasteiger partial charge in [-0.1, -0.05) is 19.1 Å². The van der Waals surface area contributed by atoms with Crippen LogP contribution in [0.25, 0.3) is 10.2 Å². The Bertz CT molecular complexity index is 845. The summed E-state index contributed by atoms with van der Waals surface area (Å²) in [7, 11) is 1.34. The number of methoxy groups -OCH3 is 1. The highest BCUT2D eigenvalue weighted by Crippen LogP contribution is 2.28. The summed E-state index contributed by atoms with van der Waals surface area (Å²) in [5.41, 5.74) is 1.78. The zero-order chi connectivity index (χ0) is 16.9. The average Bonchev–Trinajstić information content (AvgIpc) is 3.05. The maximum absolute atomic E-state index is 11.2. The quantitative estimate of drug-likeness (QED) is 0.732. The molecule has 0 saturated carbocycles. The molecule has 0 aliphatic carbocycles. The molecule has 0 aliphatic heterocycles. The van der Waals surface area contributed by atoms with Crippen LogP contribution in [0, 0.1) is 0 Å². The van der Waals surface area contributed by atoms with E-state index in [9.17, 15) is 4.79 Å². The first-order chi connectivity index (χ1) is 11.7. The Kier molecular flexibility index (Phi) is 4.90. The molecule has 0 radical (unpaired) electrons. The predicted octanol–water partition coefficient (Wildman–Crippen LogP) is 4.04. The number of anilines is 2. The number of nitrogens with zero attached hydrogens (tertiary/aromatic N) is 2. The summed E-state index contributed by atoms with van der Waals surface area (Å²) in [6.45, 7) is 2.77. The number of rotatable bonds is 5. The normalized spacial score (nSPS) is 10.6. The largest absolute Gasteiger partial charge is 0.453 e. The highest BCUT2D eigenvalue weighted by molar-refractivity contribution is 7.18. The van der Waals surface area contributed by atoms with Crippen LogP contribution in [-0.2, 0) is 17.7 Å². The highest BCUT2D eigenvalue weighted by Gasteiger charge is 2.08. The topological polar surface area (TPSA) is 76.1 Å². The summed E-state index contributed by atoms with van der Waals surface area (Å²) < 4.78 is 4.57. The molecule has 0 unspecified atom stereocenters. The van der Waals surface area contributed by atoms with Crippen molar-refractivity contribution >= 4 is 39.2 Å². The number of hydrogen-bond donors (Lipinski definition) is 2. The van der Waals surface area contributed by atoms with Crippen LogP contribution in [0.15, 0.2) is 36.7 Å². The molecule has 0 saturated heterocycles. The molecule has 7 heteroatoms. The molecule has 2 heterocycles. The van der Waals surface area contributed by atoms with E-state index in [2.05, 4.69) is 38.3 Å². The summed E-state index contributed by atoms with van der Waals surface area (Å²) in [6.07, 6.45) is 2.10.